The molecule has 2 heterocycles. The molecule has 1 saturated heterocycles. The number of carbonyl (C=O) groups excluding carboxylic acids is 2. The number of aromatic nitrogens is 1. The molecule has 0 saturated carbocycles. The second-order valence-electron chi connectivity index (χ2n) is 6.31. The Kier molecular flexibility index (Phi) is 6.13. The summed E-state index contributed by atoms with van der Waals surface area (Å²) in [5, 5.41) is 0.773. The standard InChI is InChI=1S/C17H16BrF3N2O4S/c1-26-14(24)10-6-12-13(7-11(10)18)28-16(22-12)23-4-2-9(3-5-23)8-27-15(25)17(19,20)21/h6-7,9H,2-5,8H2,1H3. The maximum Gasteiger partial charge on any atom is 0.490 e. The first kappa shape index (κ1) is 20.8. The molecule has 0 atom stereocenters. The van der Waals surface area contributed by atoms with E-state index in [-0.39, 0.29) is 12.5 Å². The summed E-state index contributed by atoms with van der Waals surface area (Å²) in [5.41, 5.74) is 1.06. The Morgan fingerprint density at radius 3 is 2.61 bits per heavy atom. The Hall–Kier alpha value is -1.88. The third-order valence-electron chi connectivity index (χ3n) is 4.44. The highest BCUT2D eigenvalue weighted by Gasteiger charge is 2.41. The van der Waals surface area contributed by atoms with Gasteiger partial charge in [-0.15, -0.1) is 0 Å². The third kappa shape index (κ3) is 4.57. The average molecular weight is 481 g/mol. The van der Waals surface area contributed by atoms with E-state index in [2.05, 4.69) is 25.7 Å². The molecule has 0 N–H and O–H groups in total. The number of benzene rings is 1. The van der Waals surface area contributed by atoms with E-state index >= 15 is 0 Å². The number of fused-ring (bicyclic) bond motifs is 1. The summed E-state index contributed by atoms with van der Waals surface area (Å²) < 4.78 is 47.2. The first-order valence-electron chi connectivity index (χ1n) is 8.36. The molecule has 0 bridgehead atoms. The molecule has 1 aromatic carbocycles. The second kappa shape index (κ2) is 8.24. The Labute approximate surface area is 170 Å². The van der Waals surface area contributed by atoms with E-state index in [0.29, 0.717) is 41.5 Å². The van der Waals surface area contributed by atoms with Gasteiger partial charge in [0, 0.05) is 17.6 Å². The first-order chi connectivity index (χ1) is 13.2. The molecule has 0 aliphatic carbocycles. The molecule has 11 heteroatoms. The van der Waals surface area contributed by atoms with Crippen LogP contribution >= 0.6 is 27.3 Å². The largest absolute Gasteiger partial charge is 0.490 e. The van der Waals surface area contributed by atoms with Crippen LogP contribution in [0.4, 0.5) is 18.3 Å². The van der Waals surface area contributed by atoms with Gasteiger partial charge in [-0.25, -0.2) is 14.6 Å². The van der Waals surface area contributed by atoms with Crippen molar-refractivity contribution in [2.24, 2.45) is 5.92 Å². The second-order valence-corrected chi connectivity index (χ2v) is 8.18. The molecule has 0 spiro atoms. The molecule has 0 unspecified atom stereocenters. The number of rotatable bonds is 4. The number of anilines is 1. The van der Waals surface area contributed by atoms with Gasteiger partial charge < -0.3 is 14.4 Å². The van der Waals surface area contributed by atoms with Gasteiger partial charge >= 0.3 is 18.1 Å². The molecule has 152 valence electrons. The summed E-state index contributed by atoms with van der Waals surface area (Å²) in [7, 11) is 1.31. The number of halogens is 4. The van der Waals surface area contributed by atoms with Gasteiger partial charge in [-0.3, -0.25) is 0 Å². The van der Waals surface area contributed by atoms with E-state index in [9.17, 15) is 22.8 Å². The van der Waals surface area contributed by atoms with Gasteiger partial charge in [0.05, 0.1) is 29.5 Å². The molecule has 6 nitrogen and oxygen atoms in total. The van der Waals surface area contributed by atoms with Crippen LogP contribution in [0.1, 0.15) is 23.2 Å². The Balaban J connectivity index is 1.63. The summed E-state index contributed by atoms with van der Waals surface area (Å²) in [6, 6.07) is 3.47. The number of piperidine rings is 1. The lowest BCUT2D eigenvalue weighted by Crippen LogP contribution is -2.36. The van der Waals surface area contributed by atoms with Crippen LogP contribution in [0.5, 0.6) is 0 Å². The molecular weight excluding hydrogens is 465 g/mol. The molecular formula is C17H16BrF3N2O4S. The lowest BCUT2D eigenvalue weighted by Gasteiger charge is -2.31. The minimum Gasteiger partial charge on any atom is -0.465 e. The summed E-state index contributed by atoms with van der Waals surface area (Å²) in [5.74, 6) is -2.72. The van der Waals surface area contributed by atoms with Crippen LogP contribution in [0.25, 0.3) is 10.2 Å². The Morgan fingerprint density at radius 1 is 1.32 bits per heavy atom. The van der Waals surface area contributed by atoms with Crippen LogP contribution in [0.3, 0.4) is 0 Å². The van der Waals surface area contributed by atoms with E-state index in [1.165, 1.54) is 18.4 Å². The maximum atomic E-state index is 12.2. The van der Waals surface area contributed by atoms with Crippen molar-refractivity contribution in [2.75, 3.05) is 31.7 Å². The highest BCUT2D eigenvalue weighted by atomic mass is 79.9. The summed E-state index contributed by atoms with van der Waals surface area (Å²) >= 11 is 4.83. The van der Waals surface area contributed by atoms with Crippen LogP contribution in [-0.2, 0) is 14.3 Å². The van der Waals surface area contributed by atoms with E-state index in [0.717, 1.165) is 9.83 Å². The number of ether oxygens (including phenoxy) is 2. The molecule has 0 amide bonds. The number of carbonyl (C=O) groups is 2. The average Bonchev–Trinajstić information content (AvgIpc) is 3.07. The van der Waals surface area contributed by atoms with Gasteiger partial charge in [-0.2, -0.15) is 13.2 Å². The van der Waals surface area contributed by atoms with Crippen molar-refractivity contribution in [2.45, 2.75) is 19.0 Å². The topological polar surface area (TPSA) is 68.7 Å². The van der Waals surface area contributed by atoms with Gasteiger partial charge in [0.25, 0.3) is 0 Å². The fraction of sp³-hybridized carbons (Fsp3) is 0.471. The van der Waals surface area contributed by atoms with Crippen LogP contribution in [0.2, 0.25) is 0 Å². The van der Waals surface area contributed by atoms with E-state index in [1.807, 2.05) is 11.0 Å². The molecule has 2 aromatic rings. The van der Waals surface area contributed by atoms with Crippen molar-refractivity contribution in [3.63, 3.8) is 0 Å². The fourth-order valence-corrected chi connectivity index (χ4v) is 4.60. The number of hydrogen-bond acceptors (Lipinski definition) is 7. The third-order valence-corrected chi connectivity index (χ3v) is 6.17. The van der Waals surface area contributed by atoms with Crippen molar-refractivity contribution >= 4 is 54.6 Å². The quantitative estimate of drug-likeness (QED) is 0.611. The van der Waals surface area contributed by atoms with Crippen molar-refractivity contribution in [1.82, 2.24) is 4.98 Å². The number of methoxy groups -OCH3 is 1. The number of nitrogens with zero attached hydrogens (tertiary/aromatic N) is 2. The van der Waals surface area contributed by atoms with Gasteiger partial charge in [0.2, 0.25) is 0 Å². The molecule has 28 heavy (non-hydrogen) atoms. The molecule has 3 rings (SSSR count). The summed E-state index contributed by atoms with van der Waals surface area (Å²) in [6.45, 7) is 0.958. The molecule has 1 fully saturated rings. The van der Waals surface area contributed by atoms with Crippen molar-refractivity contribution in [1.29, 1.82) is 0 Å². The summed E-state index contributed by atoms with van der Waals surface area (Å²) in [4.78, 5) is 29.2. The SMILES string of the molecule is COC(=O)c1cc2nc(N3CCC(COC(=O)C(F)(F)F)CC3)sc2cc1Br. The normalized spacial score (nSPS) is 15.7. The van der Waals surface area contributed by atoms with Crippen molar-refractivity contribution in [3.05, 3.63) is 22.2 Å². The Morgan fingerprint density at radius 2 is 2.00 bits per heavy atom. The van der Waals surface area contributed by atoms with Gasteiger partial charge in [0.15, 0.2) is 5.13 Å². The van der Waals surface area contributed by atoms with Gasteiger partial charge in [-0.05, 0) is 46.8 Å². The summed E-state index contributed by atoms with van der Waals surface area (Å²) in [6.07, 6.45) is -3.77. The van der Waals surface area contributed by atoms with E-state index < -0.39 is 18.1 Å². The zero-order chi connectivity index (χ0) is 20.5. The first-order valence-corrected chi connectivity index (χ1v) is 9.97. The molecule has 1 aromatic heterocycles. The maximum absolute atomic E-state index is 12.2. The minimum absolute atomic E-state index is 0.114. The zero-order valence-corrected chi connectivity index (χ0v) is 17.1. The van der Waals surface area contributed by atoms with E-state index in [1.54, 1.807) is 6.07 Å². The lowest BCUT2D eigenvalue weighted by molar-refractivity contribution is -0.201. The monoisotopic (exact) mass is 480 g/mol. The molecule has 1 aliphatic heterocycles. The van der Waals surface area contributed by atoms with Crippen LogP contribution in [-0.4, -0.2) is 49.9 Å². The van der Waals surface area contributed by atoms with Crippen LogP contribution in [0, 0.1) is 5.92 Å². The molecule has 1 aliphatic rings. The number of alkyl halides is 3. The number of esters is 2. The van der Waals surface area contributed by atoms with Crippen molar-refractivity contribution in [3.8, 4) is 0 Å². The predicted octanol–water partition coefficient (Wildman–Crippen LogP) is 4.17. The van der Waals surface area contributed by atoms with Crippen LogP contribution < -0.4 is 4.90 Å². The fourth-order valence-electron chi connectivity index (χ4n) is 2.90. The zero-order valence-electron chi connectivity index (χ0n) is 14.7. The Bertz CT molecular complexity index is 894. The van der Waals surface area contributed by atoms with E-state index in [4.69, 9.17) is 4.74 Å². The highest BCUT2D eigenvalue weighted by Crippen LogP contribution is 2.34. The number of thiazole rings is 1. The number of hydrogen-bond donors (Lipinski definition) is 0. The van der Waals surface area contributed by atoms with Crippen molar-refractivity contribution < 1.29 is 32.2 Å². The molecule has 0 radical (unpaired) electrons. The smallest absolute Gasteiger partial charge is 0.465 e. The lowest BCUT2D eigenvalue weighted by atomic mass is 9.98. The van der Waals surface area contributed by atoms with Gasteiger partial charge in [0.1, 0.15) is 0 Å². The van der Waals surface area contributed by atoms with Crippen LogP contribution in [0.15, 0.2) is 16.6 Å². The minimum atomic E-state index is -4.96. The highest BCUT2D eigenvalue weighted by molar-refractivity contribution is 9.10. The predicted molar refractivity (Wildman–Crippen MR) is 101 cm³/mol. The van der Waals surface area contributed by atoms with Gasteiger partial charge in [-0.1, -0.05) is 11.3 Å².